The highest BCUT2D eigenvalue weighted by Crippen LogP contribution is 2.40. The minimum absolute atomic E-state index is 0.779. The number of rotatable bonds is 2. The summed E-state index contributed by atoms with van der Waals surface area (Å²) in [6, 6.07) is 9.88. The molecular formula is C16H20IN. The third-order valence-electron chi connectivity index (χ3n) is 4.49. The van der Waals surface area contributed by atoms with E-state index in [-0.39, 0.29) is 0 Å². The first kappa shape index (κ1) is 12.7. The van der Waals surface area contributed by atoms with Gasteiger partial charge in [0.2, 0.25) is 0 Å². The molecule has 1 aromatic carbocycles. The zero-order valence-electron chi connectivity index (χ0n) is 10.7. The van der Waals surface area contributed by atoms with E-state index < -0.39 is 0 Å². The molecule has 1 aliphatic heterocycles. The van der Waals surface area contributed by atoms with Crippen LogP contribution in [0.15, 0.2) is 34.4 Å². The normalized spacial score (nSPS) is 28.1. The maximum Gasteiger partial charge on any atom is 0.0173 e. The van der Waals surface area contributed by atoms with Crippen LogP contribution in [0.4, 0.5) is 0 Å². The first-order valence-electron chi connectivity index (χ1n) is 6.97. The Balaban J connectivity index is 1.85. The van der Waals surface area contributed by atoms with E-state index in [4.69, 9.17) is 0 Å². The topological polar surface area (TPSA) is 3.24 Å². The second-order valence-corrected chi connectivity index (χ2v) is 6.13. The molecule has 1 fully saturated rings. The average molecular weight is 353 g/mol. The Morgan fingerprint density at radius 3 is 3.06 bits per heavy atom. The van der Waals surface area contributed by atoms with E-state index in [1.807, 2.05) is 0 Å². The SMILES string of the molecule is I/C=C/CN1CCC[C@@H]2c3ccccc3CC[C@H]21. The molecule has 1 aromatic rings. The van der Waals surface area contributed by atoms with Gasteiger partial charge in [-0.2, -0.15) is 0 Å². The minimum Gasteiger partial charge on any atom is -0.296 e. The molecule has 0 aromatic heterocycles. The van der Waals surface area contributed by atoms with Gasteiger partial charge in [0.1, 0.15) is 0 Å². The lowest BCUT2D eigenvalue weighted by Crippen LogP contribution is -2.46. The van der Waals surface area contributed by atoms with Crippen LogP contribution in [0.2, 0.25) is 0 Å². The lowest BCUT2D eigenvalue weighted by atomic mass is 9.74. The van der Waals surface area contributed by atoms with E-state index in [9.17, 15) is 0 Å². The summed E-state index contributed by atoms with van der Waals surface area (Å²) >= 11 is 2.32. The maximum atomic E-state index is 2.69. The monoisotopic (exact) mass is 353 g/mol. The van der Waals surface area contributed by atoms with Crippen molar-refractivity contribution in [2.45, 2.75) is 37.6 Å². The van der Waals surface area contributed by atoms with Crippen molar-refractivity contribution in [3.05, 3.63) is 45.6 Å². The first-order valence-corrected chi connectivity index (χ1v) is 8.22. The van der Waals surface area contributed by atoms with Gasteiger partial charge >= 0.3 is 0 Å². The molecule has 3 rings (SSSR count). The number of halogens is 1. The van der Waals surface area contributed by atoms with Gasteiger partial charge in [0.15, 0.2) is 0 Å². The largest absolute Gasteiger partial charge is 0.296 e. The number of hydrogen-bond acceptors (Lipinski definition) is 1. The van der Waals surface area contributed by atoms with Crippen LogP contribution in [-0.2, 0) is 6.42 Å². The number of fused-ring (bicyclic) bond motifs is 3. The van der Waals surface area contributed by atoms with Crippen LogP contribution >= 0.6 is 22.6 Å². The van der Waals surface area contributed by atoms with Crippen LogP contribution in [0, 0.1) is 0 Å². The van der Waals surface area contributed by atoms with Gasteiger partial charge in [-0.05, 0) is 53.4 Å². The molecule has 2 aliphatic rings. The molecule has 0 bridgehead atoms. The predicted molar refractivity (Wildman–Crippen MR) is 85.3 cm³/mol. The molecule has 18 heavy (non-hydrogen) atoms. The molecule has 0 saturated carbocycles. The van der Waals surface area contributed by atoms with Crippen molar-refractivity contribution in [3.63, 3.8) is 0 Å². The molecule has 0 N–H and O–H groups in total. The van der Waals surface area contributed by atoms with Gasteiger partial charge in [-0.3, -0.25) is 4.90 Å². The van der Waals surface area contributed by atoms with E-state index in [2.05, 4.69) is 61.9 Å². The van der Waals surface area contributed by atoms with Gasteiger partial charge in [0.25, 0.3) is 0 Å². The zero-order chi connectivity index (χ0) is 12.4. The summed E-state index contributed by atoms with van der Waals surface area (Å²) in [5.41, 5.74) is 3.24. The number of likely N-dealkylation sites (tertiary alicyclic amines) is 1. The van der Waals surface area contributed by atoms with Crippen LogP contribution in [0.5, 0.6) is 0 Å². The Morgan fingerprint density at radius 1 is 1.28 bits per heavy atom. The van der Waals surface area contributed by atoms with Crippen LogP contribution in [-0.4, -0.2) is 24.0 Å². The second-order valence-electron chi connectivity index (χ2n) is 5.41. The smallest absolute Gasteiger partial charge is 0.0173 e. The molecule has 0 radical (unpaired) electrons. The van der Waals surface area contributed by atoms with Crippen molar-refractivity contribution < 1.29 is 0 Å². The third-order valence-corrected chi connectivity index (χ3v) is 5.00. The van der Waals surface area contributed by atoms with Gasteiger partial charge in [0.05, 0.1) is 0 Å². The number of nitrogens with zero attached hydrogens (tertiary/aromatic N) is 1. The Kier molecular flexibility index (Phi) is 4.04. The van der Waals surface area contributed by atoms with E-state index in [1.165, 1.54) is 32.2 Å². The summed E-state index contributed by atoms with van der Waals surface area (Å²) in [4.78, 5) is 2.69. The summed E-state index contributed by atoms with van der Waals surface area (Å²) in [6.45, 7) is 2.41. The Morgan fingerprint density at radius 2 is 2.17 bits per heavy atom. The number of piperidine rings is 1. The summed E-state index contributed by atoms with van der Waals surface area (Å²) in [5, 5.41) is 0. The lowest BCUT2D eigenvalue weighted by molar-refractivity contribution is 0.126. The molecule has 1 saturated heterocycles. The Labute approximate surface area is 123 Å². The van der Waals surface area contributed by atoms with Crippen LogP contribution in [0.1, 0.15) is 36.3 Å². The quantitative estimate of drug-likeness (QED) is 0.723. The molecule has 0 spiro atoms. The van der Waals surface area contributed by atoms with Crippen molar-refractivity contribution in [2.24, 2.45) is 0 Å². The number of benzene rings is 1. The summed E-state index contributed by atoms with van der Waals surface area (Å²) in [7, 11) is 0. The highest BCUT2D eigenvalue weighted by atomic mass is 127. The molecule has 0 amide bonds. The molecule has 1 aliphatic carbocycles. The van der Waals surface area contributed by atoms with Crippen LogP contribution in [0.3, 0.4) is 0 Å². The van der Waals surface area contributed by atoms with Crippen molar-refractivity contribution in [1.82, 2.24) is 4.90 Å². The summed E-state index contributed by atoms with van der Waals surface area (Å²) in [5.74, 6) is 0.784. The van der Waals surface area contributed by atoms with Gasteiger partial charge in [-0.15, -0.1) is 0 Å². The Hall–Kier alpha value is -0.350. The predicted octanol–water partition coefficient (Wildman–Crippen LogP) is 4.13. The van der Waals surface area contributed by atoms with Crippen molar-refractivity contribution >= 4 is 22.6 Å². The molecule has 96 valence electrons. The Bertz CT molecular complexity index is 440. The number of hydrogen-bond donors (Lipinski definition) is 0. The molecule has 1 heterocycles. The van der Waals surface area contributed by atoms with Gasteiger partial charge in [-0.25, -0.2) is 0 Å². The van der Waals surface area contributed by atoms with Gasteiger partial charge in [-0.1, -0.05) is 52.9 Å². The first-order chi connectivity index (χ1) is 8.90. The third kappa shape index (κ3) is 2.37. The van der Waals surface area contributed by atoms with Crippen molar-refractivity contribution in [1.29, 1.82) is 0 Å². The van der Waals surface area contributed by atoms with E-state index >= 15 is 0 Å². The number of aryl methyl sites for hydroxylation is 1. The minimum atomic E-state index is 0.779. The summed E-state index contributed by atoms with van der Waals surface area (Å²) < 4.78 is 2.15. The maximum absolute atomic E-state index is 2.69. The fraction of sp³-hybridized carbons (Fsp3) is 0.500. The van der Waals surface area contributed by atoms with E-state index in [0.717, 1.165) is 18.5 Å². The average Bonchev–Trinajstić information content (AvgIpc) is 2.44. The zero-order valence-corrected chi connectivity index (χ0v) is 12.8. The van der Waals surface area contributed by atoms with Crippen LogP contribution < -0.4 is 0 Å². The van der Waals surface area contributed by atoms with Crippen molar-refractivity contribution in [2.75, 3.05) is 13.1 Å². The highest BCUT2D eigenvalue weighted by molar-refractivity contribution is 14.1. The van der Waals surface area contributed by atoms with E-state index in [1.54, 1.807) is 11.1 Å². The fourth-order valence-electron chi connectivity index (χ4n) is 3.70. The lowest BCUT2D eigenvalue weighted by Gasteiger charge is -2.44. The summed E-state index contributed by atoms with van der Waals surface area (Å²) in [6.07, 6.45) is 7.64. The molecular weight excluding hydrogens is 333 g/mol. The molecule has 1 nitrogen and oxygen atoms in total. The van der Waals surface area contributed by atoms with Gasteiger partial charge in [0, 0.05) is 12.6 Å². The highest BCUT2D eigenvalue weighted by Gasteiger charge is 2.35. The molecule has 2 heteroatoms. The van der Waals surface area contributed by atoms with Crippen molar-refractivity contribution in [3.8, 4) is 0 Å². The molecule has 0 unspecified atom stereocenters. The molecule has 2 atom stereocenters. The second kappa shape index (κ2) is 5.74. The van der Waals surface area contributed by atoms with E-state index in [0.29, 0.717) is 0 Å². The van der Waals surface area contributed by atoms with Gasteiger partial charge < -0.3 is 0 Å². The fourth-order valence-corrected chi connectivity index (χ4v) is 3.93. The van der Waals surface area contributed by atoms with Crippen LogP contribution in [0.25, 0.3) is 0 Å². The standard InChI is InChI=1S/C16H20IN/c17-10-4-12-18-11-3-7-15-14-6-2-1-5-13(14)8-9-16(15)18/h1-2,4-6,10,15-16H,3,7-9,11-12H2/b10-4+/t15-,16-/m1/s1.